The molecule has 0 aromatic heterocycles. The summed E-state index contributed by atoms with van der Waals surface area (Å²) in [6, 6.07) is -1.13. The first-order valence-electron chi connectivity index (χ1n) is 20.2. The van der Waals surface area contributed by atoms with Crippen LogP contribution in [-0.2, 0) is 52.4 Å². The number of amides is 1. The van der Waals surface area contributed by atoms with E-state index in [4.69, 9.17) is 28.4 Å². The van der Waals surface area contributed by atoms with Crippen molar-refractivity contribution in [2.45, 2.75) is 168 Å². The molecule has 4 N–H and O–H groups in total. The molecule has 3 aliphatic carbocycles. The van der Waals surface area contributed by atoms with Crippen LogP contribution in [0.1, 0.15) is 114 Å². The van der Waals surface area contributed by atoms with Gasteiger partial charge in [0.15, 0.2) is 23.6 Å². The summed E-state index contributed by atoms with van der Waals surface area (Å²) >= 11 is 0. The van der Waals surface area contributed by atoms with Crippen LogP contribution >= 0.6 is 0 Å². The Balaban J connectivity index is 1.76. The summed E-state index contributed by atoms with van der Waals surface area (Å²) in [5.74, 6) is -6.11. The minimum Gasteiger partial charge on any atom is -0.459 e. The molecule has 0 spiro atoms. The van der Waals surface area contributed by atoms with E-state index in [-0.39, 0.29) is 55.5 Å². The highest BCUT2D eigenvalue weighted by atomic mass is 16.6. The van der Waals surface area contributed by atoms with Gasteiger partial charge in [0.25, 0.3) is 0 Å². The van der Waals surface area contributed by atoms with E-state index in [0.717, 1.165) is 6.92 Å². The maximum atomic E-state index is 15.4. The quantitative estimate of drug-likeness (QED) is 0.182. The second-order valence-electron chi connectivity index (χ2n) is 18.0. The van der Waals surface area contributed by atoms with E-state index in [9.17, 15) is 39.3 Å². The van der Waals surface area contributed by atoms with Crippen molar-refractivity contribution in [2.24, 2.45) is 28.6 Å². The van der Waals surface area contributed by atoms with Crippen molar-refractivity contribution in [3.63, 3.8) is 0 Å². The van der Waals surface area contributed by atoms with Gasteiger partial charge in [-0.3, -0.25) is 19.2 Å². The fraction of sp³-hybridized carbons (Fsp3) is 0.805. The van der Waals surface area contributed by atoms with E-state index in [1.54, 1.807) is 20.8 Å². The minimum absolute atomic E-state index is 0.0427. The number of carbonyl (C=O) groups is 6. The summed E-state index contributed by atoms with van der Waals surface area (Å²) in [6.45, 7) is 13.8. The third kappa shape index (κ3) is 8.07. The molecule has 5 rings (SSSR count). The van der Waals surface area contributed by atoms with Crippen molar-refractivity contribution in [3.05, 3.63) is 11.1 Å². The van der Waals surface area contributed by atoms with E-state index in [2.05, 4.69) is 5.32 Å². The molecule has 2 saturated carbocycles. The number of nitrogens with one attached hydrogen (secondary N) is 1. The van der Waals surface area contributed by atoms with E-state index in [0.29, 0.717) is 25.7 Å². The van der Waals surface area contributed by atoms with Crippen molar-refractivity contribution < 1.29 is 72.5 Å². The summed E-state index contributed by atoms with van der Waals surface area (Å²) in [4.78, 5) is 82.1. The lowest BCUT2D eigenvalue weighted by molar-refractivity contribution is -0.347. The monoisotopic (exact) mass is 807 g/mol. The number of carbonyl (C=O) groups excluding carboxylic acids is 6. The van der Waals surface area contributed by atoms with Gasteiger partial charge >= 0.3 is 30.0 Å². The summed E-state index contributed by atoms with van der Waals surface area (Å²) in [7, 11) is 0. The SMILES string of the molecule is CC(=O)O[C@H]1C(=O)[C@@]2(C)[C@H]([C@@H]3OC(=O)C[C@@H](C)CCCCCOC(=O)N[C@@H](CC(C)C)[C@@H](O)C(=O)O[C@H]4CC3(O)C(C)(C)C1=C4C)[C@]1(OC(C)=O)CO[C@@H]1C[C@@H]2O. The number of aliphatic hydroxyl groups excluding tert-OH is 2. The van der Waals surface area contributed by atoms with Gasteiger partial charge in [-0.15, -0.1) is 0 Å². The van der Waals surface area contributed by atoms with Gasteiger partial charge in [-0.1, -0.05) is 53.9 Å². The number of rotatable bonds is 4. The molecule has 5 aliphatic rings. The summed E-state index contributed by atoms with van der Waals surface area (Å²) in [5.41, 5.74) is -7.33. The number of aliphatic hydroxyl groups is 3. The van der Waals surface area contributed by atoms with Crippen LogP contribution in [0.25, 0.3) is 0 Å². The van der Waals surface area contributed by atoms with Gasteiger partial charge in [0, 0.05) is 38.5 Å². The first-order valence-corrected chi connectivity index (χ1v) is 20.2. The standard InChI is InChI=1S/C41H61NO15/c1-20(2)15-25-31(47)36(49)55-26-18-41(51)35(56-29(46)16-21(3)13-11-10-12-14-52-37(50)42-25)33-39(9,27(45)17-28-40(33,19-53-28)57-24(6)44)34(48)32(54-23(5)43)30(22(26)4)38(41,7)8/h20-21,25-28,31-33,35,45,47,51H,10-19H2,1-9H3,(H,42,50)/t21-,25-,26-,27-,28+,31+,32+,33-,35-,39+,40-,41?/m0/s1. The molecule has 0 radical (unpaired) electrons. The van der Waals surface area contributed by atoms with E-state index in [1.165, 1.54) is 13.8 Å². The molecule has 2 saturated heterocycles. The molecule has 16 heteroatoms. The van der Waals surface area contributed by atoms with Gasteiger partial charge in [-0.25, -0.2) is 9.59 Å². The van der Waals surface area contributed by atoms with Crippen LogP contribution in [-0.4, -0.2) is 118 Å². The second-order valence-corrected chi connectivity index (χ2v) is 18.0. The van der Waals surface area contributed by atoms with Crippen molar-refractivity contribution in [3.8, 4) is 0 Å². The van der Waals surface area contributed by atoms with Crippen molar-refractivity contribution in [2.75, 3.05) is 13.2 Å². The smallest absolute Gasteiger partial charge is 0.407 e. The van der Waals surface area contributed by atoms with Crippen LogP contribution < -0.4 is 5.32 Å². The summed E-state index contributed by atoms with van der Waals surface area (Å²) < 4.78 is 35.5. The number of ketones is 1. The van der Waals surface area contributed by atoms with Gasteiger partial charge in [-0.05, 0) is 49.7 Å². The Kier molecular flexibility index (Phi) is 12.9. The number of alkyl carbamates (subject to hydrolysis) is 1. The predicted molar refractivity (Wildman–Crippen MR) is 199 cm³/mol. The molecule has 2 aliphatic heterocycles. The number of ether oxygens (including phenoxy) is 6. The van der Waals surface area contributed by atoms with Crippen LogP contribution in [0.15, 0.2) is 11.1 Å². The third-order valence-electron chi connectivity index (χ3n) is 13.2. The Morgan fingerprint density at radius 2 is 1.68 bits per heavy atom. The maximum absolute atomic E-state index is 15.4. The molecule has 16 nitrogen and oxygen atoms in total. The van der Waals surface area contributed by atoms with Crippen LogP contribution in [0.3, 0.4) is 0 Å². The number of hydrogen-bond donors (Lipinski definition) is 4. The lowest BCUT2D eigenvalue weighted by Crippen LogP contribution is -2.82. The zero-order valence-electron chi connectivity index (χ0n) is 34.6. The van der Waals surface area contributed by atoms with Crippen molar-refractivity contribution >= 4 is 35.8 Å². The summed E-state index contributed by atoms with van der Waals surface area (Å²) in [5, 5.41) is 39.6. The highest BCUT2D eigenvalue weighted by molar-refractivity contribution is 5.95. The molecule has 1 unspecified atom stereocenters. The van der Waals surface area contributed by atoms with Crippen LogP contribution in [0.5, 0.6) is 0 Å². The van der Waals surface area contributed by atoms with Crippen molar-refractivity contribution in [1.82, 2.24) is 5.32 Å². The lowest BCUT2D eigenvalue weighted by Gasteiger charge is -2.67. The third-order valence-corrected chi connectivity index (χ3v) is 13.2. The molecule has 0 aromatic rings. The number of esters is 4. The Morgan fingerprint density at radius 3 is 2.28 bits per heavy atom. The first kappa shape index (κ1) is 44.5. The highest BCUT2D eigenvalue weighted by Crippen LogP contribution is 2.64. The predicted octanol–water partition coefficient (Wildman–Crippen LogP) is 2.99. The molecule has 320 valence electrons. The average molecular weight is 808 g/mol. The Bertz CT molecular complexity index is 1640. The zero-order chi connectivity index (χ0) is 42.4. The Morgan fingerprint density at radius 1 is 1.00 bits per heavy atom. The van der Waals surface area contributed by atoms with Crippen molar-refractivity contribution in [1.29, 1.82) is 0 Å². The molecule has 2 heterocycles. The molecular weight excluding hydrogens is 746 g/mol. The lowest BCUT2D eigenvalue weighted by atomic mass is 9.44. The maximum Gasteiger partial charge on any atom is 0.407 e. The van der Waals surface area contributed by atoms with Gasteiger partial charge in [-0.2, -0.15) is 0 Å². The molecule has 3 bridgehead atoms. The van der Waals surface area contributed by atoms with E-state index < -0.39 is 113 Å². The van der Waals surface area contributed by atoms with Gasteiger partial charge in [0.2, 0.25) is 0 Å². The van der Waals surface area contributed by atoms with Gasteiger partial charge < -0.3 is 49.1 Å². The normalized spacial score (nSPS) is 40.4. The fourth-order valence-electron chi connectivity index (χ4n) is 10.1. The number of Topliss-reactive ketones (excluding diaryl/α,β-unsaturated/α-hetero) is 1. The van der Waals surface area contributed by atoms with E-state index in [1.807, 2.05) is 20.8 Å². The molecule has 1 amide bonds. The van der Waals surface area contributed by atoms with Crippen LogP contribution in [0, 0.1) is 28.6 Å². The summed E-state index contributed by atoms with van der Waals surface area (Å²) in [6.07, 6.45) is -8.24. The van der Waals surface area contributed by atoms with Crippen LogP contribution in [0.4, 0.5) is 4.79 Å². The van der Waals surface area contributed by atoms with E-state index >= 15 is 4.79 Å². The number of fused-ring (bicyclic) bond motifs is 6. The largest absolute Gasteiger partial charge is 0.459 e. The second kappa shape index (κ2) is 16.6. The minimum atomic E-state index is -2.30. The number of hydrogen-bond acceptors (Lipinski definition) is 15. The first-order chi connectivity index (χ1) is 26.5. The Hall–Kier alpha value is -3.60. The molecule has 57 heavy (non-hydrogen) atoms. The zero-order valence-corrected chi connectivity index (χ0v) is 34.6. The van der Waals surface area contributed by atoms with Gasteiger partial charge in [0.1, 0.15) is 23.9 Å². The molecule has 0 aromatic carbocycles. The van der Waals surface area contributed by atoms with Gasteiger partial charge in [0.05, 0.1) is 36.7 Å². The Labute approximate surface area is 333 Å². The average Bonchev–Trinajstić information content (AvgIpc) is 3.09. The molecule has 4 fully saturated rings. The molecule has 12 atom stereocenters. The fourth-order valence-corrected chi connectivity index (χ4v) is 10.1. The highest BCUT2D eigenvalue weighted by Gasteiger charge is 2.78. The van der Waals surface area contributed by atoms with Crippen LogP contribution in [0.2, 0.25) is 0 Å². The molecular formula is C41H61NO15. The topological polar surface area (TPSA) is 231 Å². The number of cyclic esters (lactones) is 1.